The molecular weight excluding hydrogens is 268 g/mol. The number of furan rings is 1. The van der Waals surface area contributed by atoms with E-state index in [1.807, 2.05) is 32.9 Å². The minimum Gasteiger partial charge on any atom is -0.469 e. The van der Waals surface area contributed by atoms with Gasteiger partial charge in [0.1, 0.15) is 11.4 Å². The number of alkyl carbamates (subject to hydrolysis) is 1. The van der Waals surface area contributed by atoms with Crippen molar-refractivity contribution in [3.05, 3.63) is 24.2 Å². The van der Waals surface area contributed by atoms with Crippen molar-refractivity contribution in [2.24, 2.45) is 0 Å². The SMILES string of the molecule is CC(CCc1ccco1)NC1CC1NC(=O)OC(C)(C)C. The summed E-state index contributed by atoms with van der Waals surface area (Å²) in [6.07, 6.45) is 4.28. The third-order valence-electron chi connectivity index (χ3n) is 3.40. The number of nitrogens with one attached hydrogen (secondary N) is 2. The maximum atomic E-state index is 11.6. The molecule has 1 aromatic heterocycles. The van der Waals surface area contributed by atoms with Crippen LogP contribution in [0.1, 0.15) is 46.3 Å². The lowest BCUT2D eigenvalue weighted by molar-refractivity contribution is 0.0522. The number of amides is 1. The lowest BCUT2D eigenvalue weighted by Gasteiger charge is -2.20. The van der Waals surface area contributed by atoms with Crippen LogP contribution in [0, 0.1) is 0 Å². The van der Waals surface area contributed by atoms with Crippen molar-refractivity contribution in [2.75, 3.05) is 0 Å². The van der Waals surface area contributed by atoms with Crippen molar-refractivity contribution in [2.45, 2.75) is 70.7 Å². The van der Waals surface area contributed by atoms with E-state index in [9.17, 15) is 4.79 Å². The van der Waals surface area contributed by atoms with Crippen LogP contribution < -0.4 is 10.6 Å². The molecule has 1 aliphatic rings. The zero-order valence-corrected chi connectivity index (χ0v) is 13.3. The van der Waals surface area contributed by atoms with Gasteiger partial charge in [0, 0.05) is 24.5 Å². The summed E-state index contributed by atoms with van der Waals surface area (Å²) < 4.78 is 10.6. The van der Waals surface area contributed by atoms with Crippen molar-refractivity contribution in [3.8, 4) is 0 Å². The largest absolute Gasteiger partial charge is 0.469 e. The Morgan fingerprint density at radius 2 is 2.24 bits per heavy atom. The Labute approximate surface area is 126 Å². The van der Waals surface area contributed by atoms with E-state index in [1.165, 1.54) is 0 Å². The molecule has 1 amide bonds. The van der Waals surface area contributed by atoms with Crippen LogP contribution in [0.15, 0.2) is 22.8 Å². The van der Waals surface area contributed by atoms with Crippen molar-refractivity contribution in [1.82, 2.24) is 10.6 Å². The predicted molar refractivity (Wildman–Crippen MR) is 81.2 cm³/mol. The van der Waals surface area contributed by atoms with Crippen LogP contribution in [-0.2, 0) is 11.2 Å². The third kappa shape index (κ3) is 5.79. The highest BCUT2D eigenvalue weighted by molar-refractivity contribution is 5.68. The van der Waals surface area contributed by atoms with Crippen LogP contribution in [0.2, 0.25) is 0 Å². The minimum absolute atomic E-state index is 0.186. The summed E-state index contributed by atoms with van der Waals surface area (Å²) in [4.78, 5) is 11.6. The lowest BCUT2D eigenvalue weighted by Crippen LogP contribution is -2.38. The molecule has 2 N–H and O–H groups in total. The first-order valence-electron chi connectivity index (χ1n) is 7.61. The molecule has 1 saturated carbocycles. The molecule has 1 heterocycles. The van der Waals surface area contributed by atoms with Gasteiger partial charge in [-0.3, -0.25) is 0 Å². The molecular formula is C16H26N2O3. The number of ether oxygens (including phenoxy) is 1. The van der Waals surface area contributed by atoms with Crippen molar-refractivity contribution in [1.29, 1.82) is 0 Å². The minimum atomic E-state index is -0.446. The van der Waals surface area contributed by atoms with Gasteiger partial charge in [-0.05, 0) is 52.7 Å². The third-order valence-corrected chi connectivity index (χ3v) is 3.40. The Morgan fingerprint density at radius 1 is 1.48 bits per heavy atom. The van der Waals surface area contributed by atoms with Gasteiger partial charge in [0.05, 0.1) is 6.26 Å². The Kier molecular flexibility index (Phi) is 4.93. The molecule has 1 fully saturated rings. The van der Waals surface area contributed by atoms with Crippen molar-refractivity contribution < 1.29 is 13.9 Å². The Hall–Kier alpha value is -1.49. The first-order chi connectivity index (χ1) is 9.83. The average Bonchev–Trinajstić information content (AvgIpc) is 2.88. The number of carbonyl (C=O) groups excluding carboxylic acids is 1. The Bertz CT molecular complexity index is 451. The van der Waals surface area contributed by atoms with E-state index < -0.39 is 5.60 Å². The molecule has 21 heavy (non-hydrogen) atoms. The normalized spacial score (nSPS) is 22.7. The quantitative estimate of drug-likeness (QED) is 0.847. The molecule has 1 aromatic rings. The second-order valence-corrected chi connectivity index (χ2v) is 6.78. The molecule has 3 atom stereocenters. The summed E-state index contributed by atoms with van der Waals surface area (Å²) in [7, 11) is 0. The second-order valence-electron chi connectivity index (χ2n) is 6.78. The second kappa shape index (κ2) is 6.52. The number of carbonyl (C=O) groups is 1. The van der Waals surface area contributed by atoms with Crippen LogP contribution in [0.3, 0.4) is 0 Å². The van der Waals surface area contributed by atoms with Gasteiger partial charge in [0.25, 0.3) is 0 Å². The fourth-order valence-corrected chi connectivity index (χ4v) is 2.26. The summed E-state index contributed by atoms with van der Waals surface area (Å²) in [5.74, 6) is 1.02. The van der Waals surface area contributed by atoms with Crippen molar-refractivity contribution >= 4 is 6.09 Å². The van der Waals surface area contributed by atoms with Crippen LogP contribution in [0.5, 0.6) is 0 Å². The molecule has 0 spiro atoms. The number of hydrogen-bond donors (Lipinski definition) is 2. The van der Waals surface area contributed by atoms with Gasteiger partial charge in [0.15, 0.2) is 0 Å². The number of rotatable bonds is 6. The van der Waals surface area contributed by atoms with Gasteiger partial charge >= 0.3 is 6.09 Å². The maximum Gasteiger partial charge on any atom is 0.407 e. The average molecular weight is 294 g/mol. The molecule has 118 valence electrons. The van der Waals surface area contributed by atoms with E-state index >= 15 is 0 Å². The highest BCUT2D eigenvalue weighted by Gasteiger charge is 2.39. The van der Waals surface area contributed by atoms with E-state index in [-0.39, 0.29) is 12.1 Å². The van der Waals surface area contributed by atoms with Gasteiger partial charge in [-0.2, -0.15) is 0 Å². The highest BCUT2D eigenvalue weighted by atomic mass is 16.6. The monoisotopic (exact) mass is 294 g/mol. The van der Waals surface area contributed by atoms with Crippen LogP contribution in [0.25, 0.3) is 0 Å². The summed E-state index contributed by atoms with van der Waals surface area (Å²) >= 11 is 0. The topological polar surface area (TPSA) is 63.5 Å². The number of hydrogen-bond acceptors (Lipinski definition) is 4. The molecule has 1 aliphatic carbocycles. The molecule has 0 radical (unpaired) electrons. The molecule has 0 bridgehead atoms. The molecule has 0 aliphatic heterocycles. The summed E-state index contributed by atoms with van der Waals surface area (Å²) in [5.41, 5.74) is -0.446. The van der Waals surface area contributed by atoms with Crippen molar-refractivity contribution in [3.63, 3.8) is 0 Å². The molecule has 0 aromatic carbocycles. The predicted octanol–water partition coefficient (Wildman–Crippen LogP) is 2.86. The van der Waals surface area contributed by atoms with Gasteiger partial charge in [0.2, 0.25) is 0 Å². The fraction of sp³-hybridized carbons (Fsp3) is 0.688. The molecule has 2 rings (SSSR count). The van der Waals surface area contributed by atoms with E-state index in [4.69, 9.17) is 9.15 Å². The highest BCUT2D eigenvalue weighted by Crippen LogP contribution is 2.23. The Balaban J connectivity index is 1.61. The fourth-order valence-electron chi connectivity index (χ4n) is 2.26. The summed E-state index contributed by atoms with van der Waals surface area (Å²) in [6, 6.07) is 4.84. The van der Waals surface area contributed by atoms with Crippen LogP contribution in [-0.4, -0.2) is 29.8 Å². The van der Waals surface area contributed by atoms with Gasteiger partial charge < -0.3 is 19.8 Å². The van der Waals surface area contributed by atoms with Gasteiger partial charge in [-0.25, -0.2) is 4.79 Å². The first kappa shape index (κ1) is 15.9. The van der Waals surface area contributed by atoms with Crippen LogP contribution >= 0.6 is 0 Å². The van der Waals surface area contributed by atoms with E-state index in [2.05, 4.69) is 17.6 Å². The lowest BCUT2D eigenvalue weighted by atomic mass is 10.1. The van der Waals surface area contributed by atoms with E-state index in [1.54, 1.807) is 6.26 Å². The maximum absolute atomic E-state index is 11.6. The summed E-state index contributed by atoms with van der Waals surface area (Å²) in [5, 5.41) is 6.42. The van der Waals surface area contributed by atoms with E-state index in [0.29, 0.717) is 12.1 Å². The first-order valence-corrected chi connectivity index (χ1v) is 7.61. The smallest absolute Gasteiger partial charge is 0.407 e. The van der Waals surface area contributed by atoms with E-state index in [0.717, 1.165) is 25.0 Å². The standard InChI is InChI=1S/C16H26N2O3/c1-11(7-8-12-6-5-9-20-12)17-13-10-14(13)18-15(19)21-16(2,3)4/h5-6,9,11,13-14,17H,7-8,10H2,1-4H3,(H,18,19). The zero-order chi connectivity index (χ0) is 15.5. The van der Waals surface area contributed by atoms with Crippen LogP contribution in [0.4, 0.5) is 4.79 Å². The summed E-state index contributed by atoms with van der Waals surface area (Å²) in [6.45, 7) is 7.76. The van der Waals surface area contributed by atoms with Gasteiger partial charge in [-0.1, -0.05) is 0 Å². The Morgan fingerprint density at radius 3 is 2.86 bits per heavy atom. The number of aryl methyl sites for hydroxylation is 1. The molecule has 0 saturated heterocycles. The van der Waals surface area contributed by atoms with Gasteiger partial charge in [-0.15, -0.1) is 0 Å². The molecule has 5 heteroatoms. The molecule has 5 nitrogen and oxygen atoms in total. The zero-order valence-electron chi connectivity index (χ0n) is 13.3. The molecule has 3 unspecified atom stereocenters.